The summed E-state index contributed by atoms with van der Waals surface area (Å²) in [4.78, 5) is 11.7. The Morgan fingerprint density at radius 3 is 2.82 bits per heavy atom. The largest absolute Gasteiger partial charge is 0.355 e. The third-order valence-electron chi connectivity index (χ3n) is 3.28. The van der Waals surface area contributed by atoms with Crippen LogP contribution in [-0.4, -0.2) is 37.1 Å². The van der Waals surface area contributed by atoms with E-state index in [1.807, 2.05) is 6.92 Å². The van der Waals surface area contributed by atoms with E-state index in [2.05, 4.69) is 29.8 Å². The molecule has 0 spiro atoms. The molecule has 1 heterocycles. The summed E-state index contributed by atoms with van der Waals surface area (Å²) in [7, 11) is 0. The van der Waals surface area contributed by atoms with Crippen molar-refractivity contribution in [2.75, 3.05) is 13.1 Å². The van der Waals surface area contributed by atoms with Gasteiger partial charge in [0.1, 0.15) is 0 Å². The Morgan fingerprint density at radius 1 is 1.47 bits per heavy atom. The highest BCUT2D eigenvalue weighted by Gasteiger charge is 2.19. The summed E-state index contributed by atoms with van der Waals surface area (Å²) in [5.74, 6) is 0.109. The van der Waals surface area contributed by atoms with Gasteiger partial charge in [-0.05, 0) is 46.1 Å². The molecule has 1 rings (SSSR count). The first kappa shape index (κ1) is 14.5. The van der Waals surface area contributed by atoms with Crippen LogP contribution in [0.25, 0.3) is 0 Å². The zero-order valence-electron chi connectivity index (χ0n) is 11.4. The molecule has 4 heteroatoms. The fraction of sp³-hybridized carbons (Fsp3) is 0.923. The molecular weight excluding hydrogens is 214 g/mol. The van der Waals surface area contributed by atoms with Crippen molar-refractivity contribution in [2.24, 2.45) is 0 Å². The summed E-state index contributed by atoms with van der Waals surface area (Å²) in [6.45, 7) is 8.06. The third-order valence-corrected chi connectivity index (χ3v) is 3.28. The lowest BCUT2D eigenvalue weighted by molar-refractivity contribution is -0.122. The highest BCUT2D eigenvalue weighted by atomic mass is 16.2. The summed E-state index contributed by atoms with van der Waals surface area (Å²) >= 11 is 0. The third kappa shape index (κ3) is 5.50. The zero-order chi connectivity index (χ0) is 12.7. The Bertz CT molecular complexity index is 227. The lowest BCUT2D eigenvalue weighted by atomic mass is 10.1. The van der Waals surface area contributed by atoms with Gasteiger partial charge in [-0.25, -0.2) is 0 Å². The molecule has 1 aliphatic heterocycles. The van der Waals surface area contributed by atoms with Gasteiger partial charge in [-0.15, -0.1) is 0 Å². The van der Waals surface area contributed by atoms with Gasteiger partial charge in [0.05, 0.1) is 6.04 Å². The smallest absolute Gasteiger partial charge is 0.236 e. The maximum atomic E-state index is 11.7. The van der Waals surface area contributed by atoms with E-state index < -0.39 is 0 Å². The Labute approximate surface area is 105 Å². The summed E-state index contributed by atoms with van der Waals surface area (Å²) in [5.41, 5.74) is 0. The normalized spacial score (nSPS) is 23.4. The second-order valence-corrected chi connectivity index (χ2v) is 5.11. The van der Waals surface area contributed by atoms with Crippen LogP contribution in [-0.2, 0) is 4.79 Å². The van der Waals surface area contributed by atoms with Crippen LogP contribution >= 0.6 is 0 Å². The van der Waals surface area contributed by atoms with Crippen molar-refractivity contribution in [3.05, 3.63) is 0 Å². The van der Waals surface area contributed by atoms with E-state index in [4.69, 9.17) is 0 Å². The first-order valence-corrected chi connectivity index (χ1v) is 6.90. The maximum Gasteiger partial charge on any atom is 0.236 e. The van der Waals surface area contributed by atoms with E-state index in [9.17, 15) is 4.79 Å². The molecule has 17 heavy (non-hydrogen) atoms. The van der Waals surface area contributed by atoms with Crippen LogP contribution in [0.5, 0.6) is 0 Å². The van der Waals surface area contributed by atoms with Gasteiger partial charge in [-0.3, -0.25) is 4.79 Å². The molecule has 0 aromatic heterocycles. The van der Waals surface area contributed by atoms with Crippen LogP contribution in [0, 0.1) is 0 Å². The lowest BCUT2D eigenvalue weighted by Crippen LogP contribution is -2.47. The first-order valence-electron chi connectivity index (χ1n) is 6.90. The predicted octanol–water partition coefficient (Wildman–Crippen LogP) is 1.02. The highest BCUT2D eigenvalue weighted by Crippen LogP contribution is 2.11. The van der Waals surface area contributed by atoms with Crippen LogP contribution in [0.1, 0.15) is 46.5 Å². The van der Waals surface area contributed by atoms with E-state index in [0.717, 1.165) is 25.9 Å². The molecule has 0 radical (unpaired) electrons. The minimum absolute atomic E-state index is 0.0991. The number of hydrogen-bond donors (Lipinski definition) is 3. The average Bonchev–Trinajstić information content (AvgIpc) is 2.78. The predicted molar refractivity (Wildman–Crippen MR) is 71.0 cm³/mol. The van der Waals surface area contributed by atoms with Crippen molar-refractivity contribution in [3.8, 4) is 0 Å². The number of amides is 1. The number of nitrogens with one attached hydrogen (secondary N) is 3. The maximum absolute atomic E-state index is 11.7. The van der Waals surface area contributed by atoms with Gasteiger partial charge >= 0.3 is 0 Å². The number of carbonyl (C=O) groups is 1. The van der Waals surface area contributed by atoms with Gasteiger partial charge < -0.3 is 16.0 Å². The van der Waals surface area contributed by atoms with Gasteiger partial charge in [0, 0.05) is 18.6 Å². The second kappa shape index (κ2) is 7.67. The zero-order valence-corrected chi connectivity index (χ0v) is 11.4. The molecule has 1 fully saturated rings. The molecule has 0 aliphatic carbocycles. The molecule has 0 saturated carbocycles. The van der Waals surface area contributed by atoms with Gasteiger partial charge in [0.15, 0.2) is 0 Å². The van der Waals surface area contributed by atoms with Gasteiger partial charge in [-0.2, -0.15) is 0 Å². The van der Waals surface area contributed by atoms with Crippen molar-refractivity contribution < 1.29 is 4.79 Å². The molecule has 0 bridgehead atoms. The summed E-state index contributed by atoms with van der Waals surface area (Å²) in [6, 6.07) is 0.911. The Balaban J connectivity index is 2.19. The van der Waals surface area contributed by atoms with Crippen LogP contribution in [0.3, 0.4) is 0 Å². The van der Waals surface area contributed by atoms with E-state index in [1.54, 1.807) is 0 Å². The van der Waals surface area contributed by atoms with E-state index in [-0.39, 0.29) is 11.9 Å². The SMILES string of the molecule is CCCNC(=O)C(C)NC(C)CC1CCCN1. The quantitative estimate of drug-likeness (QED) is 0.624. The van der Waals surface area contributed by atoms with Gasteiger partial charge in [-0.1, -0.05) is 6.92 Å². The lowest BCUT2D eigenvalue weighted by Gasteiger charge is -2.22. The molecule has 4 nitrogen and oxygen atoms in total. The summed E-state index contributed by atoms with van der Waals surface area (Å²) in [5, 5.41) is 9.76. The fourth-order valence-corrected chi connectivity index (χ4v) is 2.36. The molecule has 1 amide bonds. The molecule has 0 aromatic carbocycles. The molecule has 0 aromatic rings. The van der Waals surface area contributed by atoms with E-state index >= 15 is 0 Å². The van der Waals surface area contributed by atoms with Gasteiger partial charge in [0.2, 0.25) is 5.91 Å². The van der Waals surface area contributed by atoms with Crippen LogP contribution in [0.2, 0.25) is 0 Å². The molecule has 3 N–H and O–H groups in total. The van der Waals surface area contributed by atoms with Crippen molar-refractivity contribution in [1.82, 2.24) is 16.0 Å². The first-order chi connectivity index (χ1) is 8.13. The molecule has 3 atom stereocenters. The van der Waals surface area contributed by atoms with E-state index in [1.165, 1.54) is 12.8 Å². The molecule has 1 saturated heterocycles. The van der Waals surface area contributed by atoms with E-state index in [0.29, 0.717) is 12.1 Å². The number of rotatable bonds is 7. The Kier molecular flexibility index (Phi) is 6.52. The number of carbonyl (C=O) groups excluding carboxylic acids is 1. The van der Waals surface area contributed by atoms with Crippen molar-refractivity contribution >= 4 is 5.91 Å². The Hall–Kier alpha value is -0.610. The van der Waals surface area contributed by atoms with Crippen molar-refractivity contribution in [1.29, 1.82) is 0 Å². The molecule has 3 unspecified atom stereocenters. The Morgan fingerprint density at radius 2 is 2.24 bits per heavy atom. The average molecular weight is 241 g/mol. The van der Waals surface area contributed by atoms with Crippen LogP contribution < -0.4 is 16.0 Å². The van der Waals surface area contributed by atoms with Crippen LogP contribution in [0.4, 0.5) is 0 Å². The second-order valence-electron chi connectivity index (χ2n) is 5.11. The molecule has 1 aliphatic rings. The minimum atomic E-state index is -0.0991. The topological polar surface area (TPSA) is 53.2 Å². The monoisotopic (exact) mass is 241 g/mol. The molecular formula is C13H27N3O. The standard InChI is InChI=1S/C13H27N3O/c1-4-7-15-13(17)11(3)16-10(2)9-12-6-5-8-14-12/h10-12,14,16H,4-9H2,1-3H3,(H,15,17). The van der Waals surface area contributed by atoms with Crippen molar-refractivity contribution in [3.63, 3.8) is 0 Å². The highest BCUT2D eigenvalue weighted by molar-refractivity contribution is 5.81. The van der Waals surface area contributed by atoms with Crippen LogP contribution in [0.15, 0.2) is 0 Å². The fourth-order valence-electron chi connectivity index (χ4n) is 2.36. The minimum Gasteiger partial charge on any atom is -0.355 e. The summed E-state index contributed by atoms with van der Waals surface area (Å²) in [6.07, 6.45) is 4.64. The number of hydrogen-bond acceptors (Lipinski definition) is 3. The summed E-state index contributed by atoms with van der Waals surface area (Å²) < 4.78 is 0. The van der Waals surface area contributed by atoms with Crippen molar-refractivity contribution in [2.45, 2.75) is 64.6 Å². The molecule has 100 valence electrons. The van der Waals surface area contributed by atoms with Gasteiger partial charge in [0.25, 0.3) is 0 Å².